The van der Waals surface area contributed by atoms with E-state index in [1.807, 2.05) is 0 Å². The van der Waals surface area contributed by atoms with Crippen molar-refractivity contribution in [1.82, 2.24) is 9.97 Å². The Kier molecular flexibility index (Phi) is 3.62. The Morgan fingerprint density at radius 1 is 1.50 bits per heavy atom. The number of ether oxygens (including phenoxy) is 1. The summed E-state index contributed by atoms with van der Waals surface area (Å²) in [6.45, 7) is 1.98. The van der Waals surface area contributed by atoms with Crippen molar-refractivity contribution < 1.29 is 9.53 Å². The molecule has 0 aliphatic rings. The number of esters is 1. The van der Waals surface area contributed by atoms with E-state index in [4.69, 9.17) is 16.3 Å². The third-order valence-corrected chi connectivity index (χ3v) is 2.58. The maximum Gasteiger partial charge on any atom is 0.312 e. The van der Waals surface area contributed by atoms with Gasteiger partial charge in [0.2, 0.25) is 0 Å². The standard InChI is InChI=1S/C12H11ClN2O3/c1-2-18-11(16)6-10-12(17)15-8-4-3-7(13)5-9(8)14-10/h3-5H,2,6H2,1H3,(H,15,17). The molecule has 1 N–H and O–H groups in total. The number of nitrogens with one attached hydrogen (secondary N) is 1. The molecule has 0 unspecified atom stereocenters. The van der Waals surface area contributed by atoms with Crippen molar-refractivity contribution in [1.29, 1.82) is 0 Å². The largest absolute Gasteiger partial charge is 0.466 e. The number of fused-ring (bicyclic) bond motifs is 1. The molecular weight excluding hydrogens is 256 g/mol. The number of aromatic amines is 1. The SMILES string of the molecule is CCOC(=O)Cc1nc2cc(Cl)ccc2[nH]c1=O. The topological polar surface area (TPSA) is 72.0 Å². The van der Waals surface area contributed by atoms with Crippen LogP contribution in [0, 0.1) is 0 Å². The van der Waals surface area contributed by atoms with Gasteiger partial charge in [-0.05, 0) is 25.1 Å². The van der Waals surface area contributed by atoms with Gasteiger partial charge >= 0.3 is 5.97 Å². The number of H-pyrrole nitrogens is 1. The lowest BCUT2D eigenvalue weighted by atomic mass is 10.2. The summed E-state index contributed by atoms with van der Waals surface area (Å²) in [5.74, 6) is -0.475. The molecule has 94 valence electrons. The van der Waals surface area contributed by atoms with E-state index in [0.29, 0.717) is 16.1 Å². The second-order valence-corrected chi connectivity index (χ2v) is 4.09. The normalized spacial score (nSPS) is 10.6. The molecular formula is C12H11ClN2O3. The fourth-order valence-corrected chi connectivity index (χ4v) is 1.73. The molecule has 2 rings (SSSR count). The Hall–Kier alpha value is -1.88. The number of aromatic nitrogens is 2. The molecule has 6 heteroatoms. The fraction of sp³-hybridized carbons (Fsp3) is 0.250. The summed E-state index contributed by atoms with van der Waals surface area (Å²) in [4.78, 5) is 29.8. The predicted octanol–water partition coefficient (Wildman–Crippen LogP) is 1.68. The van der Waals surface area contributed by atoms with Gasteiger partial charge in [0, 0.05) is 5.02 Å². The van der Waals surface area contributed by atoms with E-state index in [9.17, 15) is 9.59 Å². The molecule has 0 aliphatic heterocycles. The van der Waals surface area contributed by atoms with Crippen molar-refractivity contribution in [2.75, 3.05) is 6.61 Å². The van der Waals surface area contributed by atoms with Gasteiger partial charge in [-0.15, -0.1) is 0 Å². The van der Waals surface area contributed by atoms with Gasteiger partial charge in [0.15, 0.2) is 0 Å². The molecule has 1 aromatic carbocycles. The lowest BCUT2D eigenvalue weighted by Crippen LogP contribution is -2.20. The highest BCUT2D eigenvalue weighted by Crippen LogP contribution is 2.14. The van der Waals surface area contributed by atoms with Gasteiger partial charge in [-0.2, -0.15) is 0 Å². The van der Waals surface area contributed by atoms with E-state index in [2.05, 4.69) is 9.97 Å². The molecule has 0 aliphatic carbocycles. The maximum absolute atomic E-state index is 11.7. The van der Waals surface area contributed by atoms with Gasteiger partial charge in [-0.3, -0.25) is 9.59 Å². The molecule has 0 bridgehead atoms. The molecule has 5 nitrogen and oxygen atoms in total. The molecule has 0 saturated carbocycles. The van der Waals surface area contributed by atoms with Crippen LogP contribution in [0.1, 0.15) is 12.6 Å². The van der Waals surface area contributed by atoms with Gasteiger partial charge in [0.1, 0.15) is 5.69 Å². The van der Waals surface area contributed by atoms with Crippen LogP contribution in [0.3, 0.4) is 0 Å². The van der Waals surface area contributed by atoms with E-state index in [1.54, 1.807) is 25.1 Å². The van der Waals surface area contributed by atoms with Gasteiger partial charge in [0.25, 0.3) is 5.56 Å². The summed E-state index contributed by atoms with van der Waals surface area (Å²) < 4.78 is 4.78. The fourth-order valence-electron chi connectivity index (χ4n) is 1.56. The Bertz CT molecular complexity index is 651. The first-order chi connectivity index (χ1) is 8.60. The third kappa shape index (κ3) is 2.68. The van der Waals surface area contributed by atoms with Crippen LogP contribution in [0.2, 0.25) is 5.02 Å². The summed E-state index contributed by atoms with van der Waals surface area (Å²) >= 11 is 5.84. The third-order valence-electron chi connectivity index (χ3n) is 2.34. The van der Waals surface area contributed by atoms with Gasteiger partial charge < -0.3 is 9.72 Å². The Morgan fingerprint density at radius 3 is 3.00 bits per heavy atom. The van der Waals surface area contributed by atoms with Gasteiger partial charge in [0.05, 0.1) is 24.1 Å². The zero-order valence-electron chi connectivity index (χ0n) is 9.70. The predicted molar refractivity (Wildman–Crippen MR) is 67.7 cm³/mol. The van der Waals surface area contributed by atoms with Crippen LogP contribution in [-0.4, -0.2) is 22.5 Å². The molecule has 0 atom stereocenters. The number of rotatable bonds is 3. The van der Waals surface area contributed by atoms with Crippen LogP contribution < -0.4 is 5.56 Å². The molecule has 18 heavy (non-hydrogen) atoms. The van der Waals surface area contributed by atoms with Crippen molar-refractivity contribution >= 4 is 28.6 Å². The minimum Gasteiger partial charge on any atom is -0.466 e. The number of hydrogen-bond acceptors (Lipinski definition) is 4. The van der Waals surface area contributed by atoms with Crippen molar-refractivity contribution in [3.05, 3.63) is 39.3 Å². The highest BCUT2D eigenvalue weighted by Gasteiger charge is 2.11. The van der Waals surface area contributed by atoms with Crippen LogP contribution >= 0.6 is 11.6 Å². The first-order valence-corrected chi connectivity index (χ1v) is 5.82. The van der Waals surface area contributed by atoms with Crippen LogP contribution in [0.15, 0.2) is 23.0 Å². The van der Waals surface area contributed by atoms with Crippen LogP contribution in [0.4, 0.5) is 0 Å². The maximum atomic E-state index is 11.7. The minimum atomic E-state index is -0.475. The summed E-state index contributed by atoms with van der Waals surface area (Å²) in [6.07, 6.45) is -0.147. The van der Waals surface area contributed by atoms with Crippen molar-refractivity contribution in [3.8, 4) is 0 Å². The molecule has 0 spiro atoms. The molecule has 0 radical (unpaired) electrons. The lowest BCUT2D eigenvalue weighted by Gasteiger charge is -2.03. The van der Waals surface area contributed by atoms with E-state index in [0.717, 1.165) is 0 Å². The van der Waals surface area contributed by atoms with Crippen LogP contribution in [0.25, 0.3) is 11.0 Å². The molecule has 2 aromatic rings. The smallest absolute Gasteiger partial charge is 0.312 e. The number of hydrogen-bond donors (Lipinski definition) is 1. The number of halogens is 1. The Morgan fingerprint density at radius 2 is 2.28 bits per heavy atom. The number of benzene rings is 1. The second kappa shape index (κ2) is 5.18. The number of carbonyl (C=O) groups excluding carboxylic acids is 1. The summed E-state index contributed by atoms with van der Waals surface area (Å²) in [5.41, 5.74) is 0.861. The van der Waals surface area contributed by atoms with Crippen LogP contribution in [0.5, 0.6) is 0 Å². The average molecular weight is 267 g/mol. The molecule has 0 amide bonds. The second-order valence-electron chi connectivity index (χ2n) is 3.66. The highest BCUT2D eigenvalue weighted by molar-refractivity contribution is 6.31. The Labute approximate surface area is 108 Å². The van der Waals surface area contributed by atoms with E-state index in [1.165, 1.54) is 0 Å². The zero-order valence-corrected chi connectivity index (χ0v) is 10.5. The zero-order chi connectivity index (χ0) is 13.1. The first kappa shape index (κ1) is 12.6. The van der Waals surface area contributed by atoms with Gasteiger partial charge in [-0.25, -0.2) is 4.98 Å². The first-order valence-electron chi connectivity index (χ1n) is 5.44. The molecule has 1 aromatic heterocycles. The minimum absolute atomic E-state index is 0.128. The Balaban J connectivity index is 2.42. The number of nitrogens with zero attached hydrogens (tertiary/aromatic N) is 1. The van der Waals surface area contributed by atoms with Crippen molar-refractivity contribution in [2.24, 2.45) is 0 Å². The average Bonchev–Trinajstić information content (AvgIpc) is 2.31. The molecule has 0 fully saturated rings. The highest BCUT2D eigenvalue weighted by atomic mass is 35.5. The van der Waals surface area contributed by atoms with E-state index >= 15 is 0 Å². The summed E-state index contributed by atoms with van der Waals surface area (Å²) in [5, 5.41) is 0.518. The monoisotopic (exact) mass is 266 g/mol. The van der Waals surface area contributed by atoms with Crippen LogP contribution in [-0.2, 0) is 16.0 Å². The van der Waals surface area contributed by atoms with Gasteiger partial charge in [-0.1, -0.05) is 11.6 Å². The van der Waals surface area contributed by atoms with Crippen molar-refractivity contribution in [2.45, 2.75) is 13.3 Å². The van der Waals surface area contributed by atoms with E-state index < -0.39 is 11.5 Å². The molecule has 0 saturated heterocycles. The summed E-state index contributed by atoms with van der Waals surface area (Å²) in [7, 11) is 0. The lowest BCUT2D eigenvalue weighted by molar-refractivity contribution is -0.142. The quantitative estimate of drug-likeness (QED) is 0.858. The van der Waals surface area contributed by atoms with E-state index in [-0.39, 0.29) is 18.7 Å². The number of carbonyl (C=O) groups is 1. The summed E-state index contributed by atoms with van der Waals surface area (Å²) in [6, 6.07) is 4.95. The van der Waals surface area contributed by atoms with Crippen molar-refractivity contribution in [3.63, 3.8) is 0 Å². The molecule has 1 heterocycles.